The third kappa shape index (κ3) is 3.97. The number of amides is 1. The Kier molecular flexibility index (Phi) is 4.57. The number of benzene rings is 1. The molecule has 0 aliphatic heterocycles. The predicted molar refractivity (Wildman–Crippen MR) is 82.3 cm³/mol. The summed E-state index contributed by atoms with van der Waals surface area (Å²) in [5, 5.41) is 13.0. The molecule has 2 atom stereocenters. The number of ether oxygens (including phenoxy) is 1. The Morgan fingerprint density at radius 2 is 2.14 bits per heavy atom. The van der Waals surface area contributed by atoms with Crippen molar-refractivity contribution < 1.29 is 14.6 Å². The van der Waals surface area contributed by atoms with E-state index in [0.717, 1.165) is 30.4 Å². The maximum atomic E-state index is 12.1. The lowest BCUT2D eigenvalue weighted by atomic mass is 9.89. The molecule has 4 heteroatoms. The van der Waals surface area contributed by atoms with Crippen molar-refractivity contribution in [2.45, 2.75) is 64.7 Å². The molecule has 0 spiro atoms. The number of aliphatic hydroxyl groups excluding tert-OH is 1. The predicted octanol–water partition coefficient (Wildman–Crippen LogP) is 2.74. The number of rotatable bonds is 3. The molecule has 0 heterocycles. The minimum Gasteiger partial charge on any atom is -0.481 e. The number of carbonyl (C=O) groups excluding carboxylic acids is 1. The summed E-state index contributed by atoms with van der Waals surface area (Å²) in [4.78, 5) is 12.1. The van der Waals surface area contributed by atoms with Gasteiger partial charge in [-0.15, -0.1) is 0 Å². The van der Waals surface area contributed by atoms with Crippen LogP contribution in [0, 0.1) is 0 Å². The standard InChI is InChI=1S/C17H25NO3/c1-11(16(20)18-17(2,3)4)21-15-10-6-7-12-13(15)8-5-9-14(12)19/h6-7,10-11,14,19H,5,8-9H2,1-4H3,(H,18,20). The third-order valence-corrected chi connectivity index (χ3v) is 3.60. The summed E-state index contributed by atoms with van der Waals surface area (Å²) < 4.78 is 5.85. The van der Waals surface area contributed by atoms with Gasteiger partial charge in [-0.1, -0.05) is 12.1 Å². The van der Waals surface area contributed by atoms with Gasteiger partial charge in [0.05, 0.1) is 6.10 Å². The molecule has 2 rings (SSSR count). The molecule has 0 aromatic heterocycles. The fourth-order valence-corrected chi connectivity index (χ4v) is 2.62. The number of hydrogen-bond acceptors (Lipinski definition) is 3. The van der Waals surface area contributed by atoms with Crippen LogP contribution in [0.25, 0.3) is 0 Å². The zero-order chi connectivity index (χ0) is 15.6. The van der Waals surface area contributed by atoms with E-state index in [4.69, 9.17) is 4.74 Å². The fraction of sp³-hybridized carbons (Fsp3) is 0.588. The second-order valence-electron chi connectivity index (χ2n) is 6.73. The van der Waals surface area contributed by atoms with Crippen LogP contribution in [0.1, 0.15) is 57.8 Å². The van der Waals surface area contributed by atoms with Gasteiger partial charge in [0.25, 0.3) is 5.91 Å². The third-order valence-electron chi connectivity index (χ3n) is 3.60. The van der Waals surface area contributed by atoms with Gasteiger partial charge in [0.1, 0.15) is 5.75 Å². The average molecular weight is 291 g/mol. The summed E-state index contributed by atoms with van der Waals surface area (Å²) in [6, 6.07) is 5.68. The van der Waals surface area contributed by atoms with Crippen molar-refractivity contribution in [2.24, 2.45) is 0 Å². The van der Waals surface area contributed by atoms with Crippen molar-refractivity contribution in [2.75, 3.05) is 0 Å². The Bertz CT molecular complexity index is 519. The van der Waals surface area contributed by atoms with Gasteiger partial charge in [-0.05, 0) is 64.2 Å². The second kappa shape index (κ2) is 6.06. The van der Waals surface area contributed by atoms with E-state index in [0.29, 0.717) is 5.75 Å². The first-order valence-electron chi connectivity index (χ1n) is 7.56. The topological polar surface area (TPSA) is 58.6 Å². The first kappa shape index (κ1) is 15.8. The van der Waals surface area contributed by atoms with Crippen molar-refractivity contribution in [1.82, 2.24) is 5.32 Å². The molecule has 0 fully saturated rings. The lowest BCUT2D eigenvalue weighted by Crippen LogP contribution is -2.46. The first-order chi connectivity index (χ1) is 9.78. The number of fused-ring (bicyclic) bond motifs is 1. The van der Waals surface area contributed by atoms with Crippen molar-refractivity contribution in [3.8, 4) is 5.75 Å². The van der Waals surface area contributed by atoms with Crippen molar-refractivity contribution >= 4 is 5.91 Å². The number of aliphatic hydroxyl groups is 1. The Labute approximate surface area is 126 Å². The van der Waals surface area contributed by atoms with E-state index in [-0.39, 0.29) is 11.4 Å². The summed E-state index contributed by atoms with van der Waals surface area (Å²) in [6.45, 7) is 7.58. The van der Waals surface area contributed by atoms with Crippen LogP contribution in [0.15, 0.2) is 18.2 Å². The molecule has 2 unspecified atom stereocenters. The van der Waals surface area contributed by atoms with Crippen LogP contribution in [0.3, 0.4) is 0 Å². The molecule has 0 saturated carbocycles. The molecule has 0 saturated heterocycles. The summed E-state index contributed by atoms with van der Waals surface area (Å²) in [5.74, 6) is 0.583. The summed E-state index contributed by atoms with van der Waals surface area (Å²) in [6.07, 6.45) is 1.63. The van der Waals surface area contributed by atoms with E-state index in [1.54, 1.807) is 6.92 Å². The van der Waals surface area contributed by atoms with Crippen LogP contribution in [0.5, 0.6) is 5.75 Å². The second-order valence-corrected chi connectivity index (χ2v) is 6.73. The van der Waals surface area contributed by atoms with Crippen LogP contribution >= 0.6 is 0 Å². The fourth-order valence-electron chi connectivity index (χ4n) is 2.62. The normalized spacial score (nSPS) is 19.6. The highest BCUT2D eigenvalue weighted by molar-refractivity contribution is 5.81. The average Bonchev–Trinajstić information content (AvgIpc) is 2.38. The van der Waals surface area contributed by atoms with Crippen molar-refractivity contribution in [1.29, 1.82) is 0 Å². The van der Waals surface area contributed by atoms with E-state index in [1.807, 2.05) is 39.0 Å². The van der Waals surface area contributed by atoms with Gasteiger partial charge in [0.2, 0.25) is 0 Å². The molecule has 1 aliphatic carbocycles. The van der Waals surface area contributed by atoms with Crippen LogP contribution < -0.4 is 10.1 Å². The Balaban J connectivity index is 2.13. The molecular formula is C17H25NO3. The van der Waals surface area contributed by atoms with Gasteiger partial charge in [0.15, 0.2) is 6.10 Å². The first-order valence-corrected chi connectivity index (χ1v) is 7.56. The van der Waals surface area contributed by atoms with Gasteiger partial charge in [-0.3, -0.25) is 4.79 Å². The monoisotopic (exact) mass is 291 g/mol. The minimum atomic E-state index is -0.560. The molecule has 1 aromatic rings. The van der Waals surface area contributed by atoms with E-state index in [9.17, 15) is 9.90 Å². The number of hydrogen-bond donors (Lipinski definition) is 2. The van der Waals surface area contributed by atoms with Crippen molar-refractivity contribution in [3.05, 3.63) is 29.3 Å². The number of nitrogens with one attached hydrogen (secondary N) is 1. The van der Waals surface area contributed by atoms with E-state index in [1.165, 1.54) is 0 Å². The summed E-state index contributed by atoms with van der Waals surface area (Å²) in [5.41, 5.74) is 1.69. The van der Waals surface area contributed by atoms with Gasteiger partial charge < -0.3 is 15.2 Å². The van der Waals surface area contributed by atoms with E-state index in [2.05, 4.69) is 5.32 Å². The smallest absolute Gasteiger partial charge is 0.261 e. The quantitative estimate of drug-likeness (QED) is 0.900. The lowest BCUT2D eigenvalue weighted by Gasteiger charge is -2.27. The van der Waals surface area contributed by atoms with Gasteiger partial charge >= 0.3 is 0 Å². The molecule has 116 valence electrons. The Morgan fingerprint density at radius 3 is 2.81 bits per heavy atom. The Hall–Kier alpha value is -1.55. The minimum absolute atomic E-state index is 0.128. The van der Waals surface area contributed by atoms with Crippen LogP contribution in [-0.4, -0.2) is 22.7 Å². The zero-order valence-electron chi connectivity index (χ0n) is 13.3. The Morgan fingerprint density at radius 1 is 1.43 bits per heavy atom. The van der Waals surface area contributed by atoms with E-state index < -0.39 is 12.2 Å². The van der Waals surface area contributed by atoms with Gasteiger partial charge in [0, 0.05) is 5.54 Å². The molecule has 1 amide bonds. The number of carbonyl (C=O) groups is 1. The van der Waals surface area contributed by atoms with E-state index >= 15 is 0 Å². The van der Waals surface area contributed by atoms with Gasteiger partial charge in [-0.25, -0.2) is 0 Å². The highest BCUT2D eigenvalue weighted by atomic mass is 16.5. The van der Waals surface area contributed by atoms with Crippen LogP contribution in [0.2, 0.25) is 0 Å². The summed E-state index contributed by atoms with van der Waals surface area (Å²) in [7, 11) is 0. The molecule has 0 bridgehead atoms. The largest absolute Gasteiger partial charge is 0.481 e. The SMILES string of the molecule is CC(Oc1cccc2c1CCCC2O)C(=O)NC(C)(C)C. The maximum Gasteiger partial charge on any atom is 0.261 e. The maximum absolute atomic E-state index is 12.1. The molecular weight excluding hydrogens is 266 g/mol. The summed E-state index contributed by atoms with van der Waals surface area (Å²) >= 11 is 0. The van der Waals surface area contributed by atoms with Gasteiger partial charge in [-0.2, -0.15) is 0 Å². The molecule has 2 N–H and O–H groups in total. The van der Waals surface area contributed by atoms with Crippen LogP contribution in [0.4, 0.5) is 0 Å². The molecule has 4 nitrogen and oxygen atoms in total. The zero-order valence-corrected chi connectivity index (χ0v) is 13.3. The molecule has 0 radical (unpaired) electrons. The molecule has 1 aromatic carbocycles. The van der Waals surface area contributed by atoms with Crippen molar-refractivity contribution in [3.63, 3.8) is 0 Å². The molecule has 1 aliphatic rings. The molecule has 21 heavy (non-hydrogen) atoms. The highest BCUT2D eigenvalue weighted by Gasteiger charge is 2.24. The van der Waals surface area contributed by atoms with Crippen LogP contribution in [-0.2, 0) is 11.2 Å². The lowest BCUT2D eigenvalue weighted by molar-refractivity contribution is -0.128. The highest BCUT2D eigenvalue weighted by Crippen LogP contribution is 2.35.